The summed E-state index contributed by atoms with van der Waals surface area (Å²) in [6, 6.07) is 1.48. The van der Waals surface area contributed by atoms with Crippen LogP contribution in [0.1, 0.15) is 17.4 Å². The Hall–Kier alpha value is -1.41. The molecule has 1 heterocycles. The summed E-state index contributed by atoms with van der Waals surface area (Å²) < 4.78 is 27.6. The highest BCUT2D eigenvalue weighted by Gasteiger charge is 2.19. The zero-order chi connectivity index (χ0) is 13.3. The van der Waals surface area contributed by atoms with Gasteiger partial charge in [0.1, 0.15) is 11.6 Å². The van der Waals surface area contributed by atoms with Gasteiger partial charge in [-0.1, -0.05) is 15.9 Å². The fourth-order valence-electron chi connectivity index (χ4n) is 1.61. The number of aromatic nitrogens is 4. The van der Waals surface area contributed by atoms with Crippen LogP contribution >= 0.6 is 15.9 Å². The monoisotopic (exact) mass is 317 g/mol. The number of hydrogen-bond donors (Lipinski definition) is 1. The molecular weight excluding hydrogens is 308 g/mol. The third-order valence-corrected chi connectivity index (χ3v) is 2.82. The van der Waals surface area contributed by atoms with Crippen molar-refractivity contribution in [3.8, 4) is 0 Å². The van der Waals surface area contributed by atoms with Crippen molar-refractivity contribution in [1.29, 1.82) is 0 Å². The normalized spacial score (nSPS) is 12.7. The number of rotatable bonds is 3. The topological polar surface area (TPSA) is 69.6 Å². The van der Waals surface area contributed by atoms with Crippen LogP contribution in [0.2, 0.25) is 0 Å². The molecule has 0 saturated heterocycles. The smallest absolute Gasteiger partial charge is 0.176 e. The minimum Gasteiger partial charge on any atom is -0.323 e. The molecule has 2 aromatic rings. The Morgan fingerprint density at radius 3 is 2.50 bits per heavy atom. The molecule has 5 nitrogen and oxygen atoms in total. The van der Waals surface area contributed by atoms with Crippen molar-refractivity contribution in [2.75, 3.05) is 0 Å². The van der Waals surface area contributed by atoms with Gasteiger partial charge in [0.05, 0.1) is 7.05 Å². The molecule has 1 aromatic carbocycles. The largest absolute Gasteiger partial charge is 0.323 e. The first-order valence-corrected chi connectivity index (χ1v) is 5.89. The number of benzene rings is 1. The summed E-state index contributed by atoms with van der Waals surface area (Å²) in [5.74, 6) is -1.05. The Labute approximate surface area is 110 Å². The standard InChI is InChI=1S/C10H10BrF2N5/c1-18-16-9(15-17-18)4-8(14)10-6(12)2-5(11)3-7(10)13/h2-3,8H,4,14H2,1H3. The highest BCUT2D eigenvalue weighted by atomic mass is 79.9. The van der Waals surface area contributed by atoms with Gasteiger partial charge in [-0.05, 0) is 17.3 Å². The minimum atomic E-state index is -0.859. The van der Waals surface area contributed by atoms with Crippen LogP contribution in [0.15, 0.2) is 16.6 Å². The van der Waals surface area contributed by atoms with Gasteiger partial charge >= 0.3 is 0 Å². The Morgan fingerprint density at radius 2 is 2.00 bits per heavy atom. The second-order valence-electron chi connectivity index (χ2n) is 3.79. The first-order chi connectivity index (χ1) is 8.47. The van der Waals surface area contributed by atoms with Crippen molar-refractivity contribution in [2.24, 2.45) is 12.8 Å². The average Bonchev–Trinajstić information content (AvgIpc) is 2.62. The van der Waals surface area contributed by atoms with Crippen LogP contribution in [-0.4, -0.2) is 20.2 Å². The Bertz CT molecular complexity index is 548. The number of hydrogen-bond acceptors (Lipinski definition) is 4. The SMILES string of the molecule is Cn1nnc(CC(N)c2c(F)cc(Br)cc2F)n1. The van der Waals surface area contributed by atoms with Gasteiger partial charge in [-0.3, -0.25) is 0 Å². The maximum absolute atomic E-state index is 13.7. The van der Waals surface area contributed by atoms with Crippen LogP contribution in [0.25, 0.3) is 0 Å². The zero-order valence-corrected chi connectivity index (χ0v) is 11.0. The lowest BCUT2D eigenvalue weighted by Gasteiger charge is -2.12. The maximum Gasteiger partial charge on any atom is 0.176 e. The van der Waals surface area contributed by atoms with Gasteiger partial charge in [-0.2, -0.15) is 4.80 Å². The van der Waals surface area contributed by atoms with E-state index >= 15 is 0 Å². The van der Waals surface area contributed by atoms with Crippen molar-refractivity contribution in [2.45, 2.75) is 12.5 Å². The molecule has 2 rings (SSSR count). The van der Waals surface area contributed by atoms with E-state index in [-0.39, 0.29) is 12.0 Å². The first kappa shape index (κ1) is 13.0. The van der Waals surface area contributed by atoms with Crippen molar-refractivity contribution >= 4 is 15.9 Å². The number of aryl methyl sites for hydroxylation is 1. The van der Waals surface area contributed by atoms with Crippen LogP contribution in [0, 0.1) is 11.6 Å². The van der Waals surface area contributed by atoms with E-state index in [1.165, 1.54) is 16.9 Å². The molecule has 1 unspecified atom stereocenters. The lowest BCUT2D eigenvalue weighted by atomic mass is 10.0. The highest BCUT2D eigenvalue weighted by molar-refractivity contribution is 9.10. The van der Waals surface area contributed by atoms with E-state index in [0.717, 1.165) is 0 Å². The first-order valence-electron chi connectivity index (χ1n) is 5.10. The van der Waals surface area contributed by atoms with Gasteiger partial charge < -0.3 is 5.73 Å². The molecule has 0 aliphatic heterocycles. The van der Waals surface area contributed by atoms with E-state index in [2.05, 4.69) is 31.3 Å². The van der Waals surface area contributed by atoms with Crippen LogP contribution in [0.5, 0.6) is 0 Å². The van der Waals surface area contributed by atoms with Gasteiger partial charge in [0.2, 0.25) is 0 Å². The van der Waals surface area contributed by atoms with Crippen LogP contribution in [0.3, 0.4) is 0 Å². The molecule has 96 valence electrons. The van der Waals surface area contributed by atoms with Crippen molar-refractivity contribution in [3.05, 3.63) is 39.6 Å². The lowest BCUT2D eigenvalue weighted by molar-refractivity contribution is 0.519. The quantitative estimate of drug-likeness (QED) is 0.931. The molecule has 1 atom stereocenters. The van der Waals surface area contributed by atoms with Crippen molar-refractivity contribution in [3.63, 3.8) is 0 Å². The molecule has 0 fully saturated rings. The summed E-state index contributed by atoms with van der Waals surface area (Å²) in [7, 11) is 1.60. The maximum atomic E-state index is 13.7. The molecule has 8 heteroatoms. The fraction of sp³-hybridized carbons (Fsp3) is 0.300. The molecule has 0 radical (unpaired) electrons. The Balaban J connectivity index is 2.26. The van der Waals surface area contributed by atoms with E-state index in [4.69, 9.17) is 5.73 Å². The molecule has 0 amide bonds. The van der Waals surface area contributed by atoms with E-state index in [9.17, 15) is 8.78 Å². The predicted octanol–water partition coefficient (Wildman–Crippen LogP) is 1.49. The number of nitrogens with zero attached hydrogens (tertiary/aromatic N) is 4. The van der Waals surface area contributed by atoms with E-state index in [1.54, 1.807) is 7.05 Å². The average molecular weight is 318 g/mol. The molecule has 18 heavy (non-hydrogen) atoms. The zero-order valence-electron chi connectivity index (χ0n) is 9.44. The molecule has 1 aromatic heterocycles. The molecule has 0 saturated carbocycles. The predicted molar refractivity (Wildman–Crippen MR) is 63.5 cm³/mol. The molecule has 0 aliphatic rings. The van der Waals surface area contributed by atoms with Gasteiger partial charge in [-0.25, -0.2) is 8.78 Å². The minimum absolute atomic E-state index is 0.114. The Morgan fingerprint density at radius 1 is 1.39 bits per heavy atom. The summed E-state index contributed by atoms with van der Waals surface area (Å²) in [5.41, 5.74) is 5.60. The van der Waals surface area contributed by atoms with Crippen molar-refractivity contribution in [1.82, 2.24) is 20.2 Å². The highest BCUT2D eigenvalue weighted by Crippen LogP contribution is 2.25. The summed E-state index contributed by atoms with van der Waals surface area (Å²) in [6.07, 6.45) is 0.114. The molecular formula is C10H10BrF2N5. The van der Waals surface area contributed by atoms with E-state index in [1.807, 2.05) is 0 Å². The summed E-state index contributed by atoms with van der Waals surface area (Å²) in [5, 5.41) is 11.3. The van der Waals surface area contributed by atoms with Crippen LogP contribution in [-0.2, 0) is 13.5 Å². The second-order valence-corrected chi connectivity index (χ2v) is 4.70. The lowest BCUT2D eigenvalue weighted by Crippen LogP contribution is -2.18. The number of halogens is 3. The molecule has 0 spiro atoms. The van der Waals surface area contributed by atoms with Gasteiger partial charge in [0.15, 0.2) is 5.82 Å². The van der Waals surface area contributed by atoms with Crippen molar-refractivity contribution < 1.29 is 8.78 Å². The van der Waals surface area contributed by atoms with Gasteiger partial charge in [-0.15, -0.1) is 10.2 Å². The van der Waals surface area contributed by atoms with E-state index < -0.39 is 17.7 Å². The second kappa shape index (κ2) is 5.07. The van der Waals surface area contributed by atoms with E-state index in [0.29, 0.717) is 10.3 Å². The number of nitrogens with two attached hydrogens (primary N) is 1. The fourth-order valence-corrected chi connectivity index (χ4v) is 2.01. The molecule has 2 N–H and O–H groups in total. The van der Waals surface area contributed by atoms with Crippen LogP contribution in [0.4, 0.5) is 8.78 Å². The summed E-state index contributed by atoms with van der Waals surface area (Å²) in [6.45, 7) is 0. The molecule has 0 aliphatic carbocycles. The third kappa shape index (κ3) is 2.70. The van der Waals surface area contributed by atoms with Crippen LogP contribution < -0.4 is 5.73 Å². The van der Waals surface area contributed by atoms with Gasteiger partial charge in [0.25, 0.3) is 0 Å². The van der Waals surface area contributed by atoms with Gasteiger partial charge in [0, 0.05) is 22.5 Å². The summed E-state index contributed by atoms with van der Waals surface area (Å²) in [4.78, 5) is 1.26. The third-order valence-electron chi connectivity index (χ3n) is 2.37. The Kier molecular flexibility index (Phi) is 3.67. The number of tetrazole rings is 1. The summed E-state index contributed by atoms with van der Waals surface area (Å²) >= 11 is 3.01. The molecule has 0 bridgehead atoms.